The van der Waals surface area contributed by atoms with Crippen molar-refractivity contribution in [3.8, 4) is 90.6 Å². The quantitative estimate of drug-likeness (QED) is 0.137. The van der Waals surface area contributed by atoms with Crippen molar-refractivity contribution in [2.75, 3.05) is 0 Å². The number of hydrogen-bond acceptors (Lipinski definition) is 4. The first kappa shape index (κ1) is 57.9. The lowest BCUT2D eigenvalue weighted by atomic mass is 10.0. The molecule has 0 aliphatic heterocycles. The summed E-state index contributed by atoms with van der Waals surface area (Å²) in [4.78, 5) is 21.4. The number of para-hydroxylation sites is 9. The molecule has 0 N–H and O–H groups in total. The summed E-state index contributed by atoms with van der Waals surface area (Å²) in [5.41, 5.74) is 22.9. The molecule has 6 heterocycles. The topological polar surface area (TPSA) is 71.3 Å². The zero-order chi connectivity index (χ0) is 66.0. The van der Waals surface area contributed by atoms with Gasteiger partial charge in [-0.1, -0.05) is 273 Å². The SMILES string of the molecule is c1ccc(-c2cc(-c3ccccc3)nc(-c3cc(-n4c5ccccc5c5ccccc54)ccc3-n3c4ccccc4c4ccccc43)n2)cc1.c1ccc(-c2cc(-c3ccccc3)nc(-c3cccc(-n4c5ccccc5c5ccccc54)c3-n3c4ccccc4c4ccccc43)n2)cc1. The molecule has 20 aromatic rings. The van der Waals surface area contributed by atoms with Crippen molar-refractivity contribution in [2.45, 2.75) is 0 Å². The van der Waals surface area contributed by atoms with Gasteiger partial charge in [0.15, 0.2) is 11.6 Å². The fraction of sp³-hybridized carbons (Fsp3) is 0. The summed E-state index contributed by atoms with van der Waals surface area (Å²) in [6, 6.07) is 128. The van der Waals surface area contributed by atoms with E-state index < -0.39 is 0 Å². The van der Waals surface area contributed by atoms with Crippen LogP contribution in [0.1, 0.15) is 0 Å². The average Bonchev–Trinajstić information content (AvgIpc) is 1.56. The smallest absolute Gasteiger partial charge is 0.162 e. The average molecular weight is 1280 g/mol. The molecule has 6 aromatic heterocycles. The predicted octanol–water partition coefficient (Wildman–Crippen LogP) is 23.3. The highest BCUT2D eigenvalue weighted by Gasteiger charge is 2.26. The lowest BCUT2D eigenvalue weighted by molar-refractivity contribution is 1.08. The van der Waals surface area contributed by atoms with E-state index in [1.54, 1.807) is 0 Å². The van der Waals surface area contributed by atoms with E-state index in [9.17, 15) is 0 Å². The van der Waals surface area contributed by atoms with Crippen LogP contribution in [0.15, 0.2) is 364 Å². The third kappa shape index (κ3) is 9.76. The van der Waals surface area contributed by atoms with Crippen molar-refractivity contribution in [1.29, 1.82) is 0 Å². The Bertz CT molecular complexity index is 6070. The molecule has 0 amide bonds. The lowest BCUT2D eigenvalue weighted by Crippen LogP contribution is -2.07. The van der Waals surface area contributed by atoms with Gasteiger partial charge in [-0.3, -0.25) is 0 Å². The van der Waals surface area contributed by atoms with Gasteiger partial charge in [-0.25, -0.2) is 19.9 Å². The van der Waals surface area contributed by atoms with Crippen molar-refractivity contribution < 1.29 is 0 Å². The molecule has 8 nitrogen and oxygen atoms in total. The second-order valence-electron chi connectivity index (χ2n) is 25.2. The van der Waals surface area contributed by atoms with E-state index in [1.165, 1.54) is 43.1 Å². The van der Waals surface area contributed by atoms with Crippen molar-refractivity contribution >= 4 is 87.2 Å². The molecular weight excluding hydrogens is 1220 g/mol. The van der Waals surface area contributed by atoms with Crippen LogP contribution in [-0.4, -0.2) is 38.2 Å². The zero-order valence-electron chi connectivity index (χ0n) is 54.2. The summed E-state index contributed by atoms with van der Waals surface area (Å²) < 4.78 is 9.56. The van der Waals surface area contributed by atoms with Crippen molar-refractivity contribution in [3.63, 3.8) is 0 Å². The largest absolute Gasteiger partial charge is 0.309 e. The number of benzene rings is 14. The van der Waals surface area contributed by atoms with Crippen LogP contribution in [0.3, 0.4) is 0 Å². The first-order valence-electron chi connectivity index (χ1n) is 33.9. The molecule has 0 bridgehead atoms. The van der Waals surface area contributed by atoms with Gasteiger partial charge in [0.2, 0.25) is 0 Å². The Morgan fingerprint density at radius 2 is 0.450 bits per heavy atom. The van der Waals surface area contributed by atoms with Crippen LogP contribution in [0.5, 0.6) is 0 Å². The molecule has 100 heavy (non-hydrogen) atoms. The number of nitrogens with zero attached hydrogens (tertiary/aromatic N) is 8. The second-order valence-corrected chi connectivity index (χ2v) is 25.2. The molecule has 8 heteroatoms. The molecular formula is C92H60N8. The Balaban J connectivity index is 0.000000139. The molecule has 0 saturated carbocycles. The molecule has 0 unspecified atom stereocenters. The summed E-state index contributed by atoms with van der Waals surface area (Å²) in [7, 11) is 0. The molecule has 0 atom stereocenters. The fourth-order valence-electron chi connectivity index (χ4n) is 15.1. The van der Waals surface area contributed by atoms with E-state index in [1.807, 2.05) is 24.3 Å². The summed E-state index contributed by atoms with van der Waals surface area (Å²) >= 11 is 0. The Morgan fingerprint density at radius 1 is 0.180 bits per heavy atom. The lowest BCUT2D eigenvalue weighted by Gasteiger charge is -2.20. The highest BCUT2D eigenvalue weighted by Crippen LogP contribution is 2.44. The van der Waals surface area contributed by atoms with Gasteiger partial charge in [0.1, 0.15) is 0 Å². The predicted molar refractivity (Wildman–Crippen MR) is 414 cm³/mol. The first-order valence-corrected chi connectivity index (χ1v) is 33.9. The number of aromatic nitrogens is 8. The molecule has 0 aliphatic carbocycles. The third-order valence-corrected chi connectivity index (χ3v) is 19.5. The van der Waals surface area contributed by atoms with Crippen LogP contribution in [-0.2, 0) is 0 Å². The number of hydrogen-bond donors (Lipinski definition) is 0. The summed E-state index contributed by atoms with van der Waals surface area (Å²) in [5.74, 6) is 1.34. The minimum atomic E-state index is 0.671. The van der Waals surface area contributed by atoms with Gasteiger partial charge in [0, 0.05) is 82.2 Å². The molecule has 0 aliphatic rings. The first-order chi connectivity index (χ1) is 49.6. The van der Waals surface area contributed by atoms with E-state index >= 15 is 0 Å². The molecule has 0 radical (unpaired) electrons. The maximum absolute atomic E-state index is 5.34. The Hall–Kier alpha value is -13.6. The third-order valence-electron chi connectivity index (χ3n) is 19.5. The van der Waals surface area contributed by atoms with Crippen molar-refractivity contribution in [1.82, 2.24) is 38.2 Å². The number of rotatable bonds is 10. The fourth-order valence-corrected chi connectivity index (χ4v) is 15.1. The molecule has 0 spiro atoms. The van der Waals surface area contributed by atoms with Gasteiger partial charge >= 0.3 is 0 Å². The van der Waals surface area contributed by atoms with E-state index in [-0.39, 0.29) is 0 Å². The maximum atomic E-state index is 5.34. The molecule has 468 valence electrons. The standard InChI is InChI=1S/2C46H30N4/c1-3-16-31(17-4-1)38-30-39(32-18-5-2-6-19-32)48-46(47-38)37-24-15-29-44(49-40-25-11-7-20-33(40)34-21-8-12-26-41(34)49)45(37)50-42-27-13-9-22-35(42)36-23-10-14-28-43(36)50;1-3-15-31(16-4-1)39-30-40(32-17-5-2-6-18-32)48-46(47-39)38-29-33(49-41-23-11-7-19-34(41)35-20-8-12-24-42(35)49)27-28-45(38)50-43-25-13-9-21-36(43)37-22-10-14-26-44(37)50/h2*1-30H. The maximum Gasteiger partial charge on any atom is 0.162 e. The zero-order valence-corrected chi connectivity index (χ0v) is 54.2. The minimum Gasteiger partial charge on any atom is -0.309 e. The van der Waals surface area contributed by atoms with E-state index in [2.05, 4.69) is 358 Å². The van der Waals surface area contributed by atoms with Gasteiger partial charge in [-0.2, -0.15) is 0 Å². The normalized spacial score (nSPS) is 11.6. The summed E-state index contributed by atoms with van der Waals surface area (Å²) in [6.45, 7) is 0. The Morgan fingerprint density at radius 3 is 0.780 bits per heavy atom. The highest BCUT2D eigenvalue weighted by atomic mass is 15.1. The Kier molecular flexibility index (Phi) is 14.0. The summed E-state index contributed by atoms with van der Waals surface area (Å²) in [6.07, 6.45) is 0. The molecule has 0 saturated heterocycles. The molecule has 0 fully saturated rings. The Labute approximate surface area is 576 Å². The second kappa shape index (κ2) is 24.3. The molecule has 20 rings (SSSR count). The highest BCUT2D eigenvalue weighted by molar-refractivity contribution is 6.14. The minimum absolute atomic E-state index is 0.671. The van der Waals surface area contributed by atoms with Crippen molar-refractivity contribution in [3.05, 3.63) is 364 Å². The van der Waals surface area contributed by atoms with Crippen LogP contribution >= 0.6 is 0 Å². The summed E-state index contributed by atoms with van der Waals surface area (Å²) in [5, 5.41) is 9.72. The van der Waals surface area contributed by atoms with Crippen LogP contribution in [0.4, 0.5) is 0 Å². The molecule has 14 aromatic carbocycles. The van der Waals surface area contributed by atoms with E-state index in [0.29, 0.717) is 11.6 Å². The van der Waals surface area contributed by atoms with Gasteiger partial charge in [0.25, 0.3) is 0 Å². The van der Waals surface area contributed by atoms with E-state index in [4.69, 9.17) is 19.9 Å². The number of fused-ring (bicyclic) bond motifs is 12. The van der Waals surface area contributed by atoms with Crippen molar-refractivity contribution in [2.24, 2.45) is 0 Å². The van der Waals surface area contributed by atoms with Crippen LogP contribution < -0.4 is 0 Å². The van der Waals surface area contributed by atoms with Gasteiger partial charge in [0.05, 0.1) is 84.0 Å². The van der Waals surface area contributed by atoms with Crippen LogP contribution in [0, 0.1) is 0 Å². The van der Waals surface area contributed by atoms with Crippen LogP contribution in [0.25, 0.3) is 178 Å². The van der Waals surface area contributed by atoms with Gasteiger partial charge < -0.3 is 18.3 Å². The van der Waals surface area contributed by atoms with E-state index in [0.717, 1.165) is 123 Å². The van der Waals surface area contributed by atoms with Gasteiger partial charge in [-0.15, -0.1) is 0 Å². The monoisotopic (exact) mass is 1280 g/mol. The van der Waals surface area contributed by atoms with Crippen LogP contribution in [0.2, 0.25) is 0 Å². The van der Waals surface area contributed by atoms with Gasteiger partial charge in [-0.05, 0) is 91.0 Å².